The van der Waals surface area contributed by atoms with Crippen molar-refractivity contribution in [2.45, 2.75) is 13.1 Å². The summed E-state index contributed by atoms with van der Waals surface area (Å²) in [4.78, 5) is 13.5. The lowest BCUT2D eigenvalue weighted by atomic mass is 10.1. The summed E-state index contributed by atoms with van der Waals surface area (Å²) in [5.41, 5.74) is 7.17. The monoisotopic (exact) mass is 290 g/mol. The zero-order chi connectivity index (χ0) is 15.4. The van der Waals surface area contributed by atoms with Gasteiger partial charge in [-0.3, -0.25) is 4.79 Å². The Morgan fingerprint density at radius 2 is 1.81 bits per heavy atom. The van der Waals surface area contributed by atoms with Crippen molar-refractivity contribution in [2.24, 2.45) is 5.73 Å². The van der Waals surface area contributed by atoms with E-state index >= 15 is 0 Å². The fraction of sp³-hybridized carbons (Fsp3) is 0.188. The van der Waals surface area contributed by atoms with Gasteiger partial charge in [0.15, 0.2) is 0 Å². The van der Waals surface area contributed by atoms with Crippen molar-refractivity contribution >= 4 is 5.91 Å². The van der Waals surface area contributed by atoms with E-state index in [-0.39, 0.29) is 12.1 Å². The number of rotatable bonds is 4. The van der Waals surface area contributed by atoms with Crippen LogP contribution in [0.15, 0.2) is 42.5 Å². The molecule has 0 radical (unpaired) electrons. The summed E-state index contributed by atoms with van der Waals surface area (Å²) >= 11 is 0. The average molecular weight is 290 g/mol. The standard InChI is InChI=1S/C16H16F2N2O/c1-20(10-12-5-3-2-4-11(12)9-19)16(21)14-8-13(17)6-7-15(14)18/h2-8H,9-10,19H2,1H3. The fourth-order valence-electron chi connectivity index (χ4n) is 2.11. The molecule has 0 aliphatic rings. The van der Waals surface area contributed by atoms with E-state index in [0.717, 1.165) is 29.3 Å². The molecule has 0 fully saturated rings. The lowest BCUT2D eigenvalue weighted by molar-refractivity contribution is 0.0779. The van der Waals surface area contributed by atoms with Gasteiger partial charge < -0.3 is 10.6 Å². The Hall–Kier alpha value is -2.27. The minimum absolute atomic E-state index is 0.275. The number of halogens is 2. The van der Waals surface area contributed by atoms with E-state index in [2.05, 4.69) is 0 Å². The Balaban J connectivity index is 2.22. The van der Waals surface area contributed by atoms with E-state index < -0.39 is 17.5 Å². The molecule has 1 amide bonds. The van der Waals surface area contributed by atoms with E-state index in [9.17, 15) is 13.6 Å². The highest BCUT2D eigenvalue weighted by molar-refractivity contribution is 5.94. The van der Waals surface area contributed by atoms with Gasteiger partial charge in [0.2, 0.25) is 0 Å². The second-order valence-electron chi connectivity index (χ2n) is 4.76. The van der Waals surface area contributed by atoms with Crippen LogP contribution < -0.4 is 5.73 Å². The quantitative estimate of drug-likeness (QED) is 0.941. The number of carbonyl (C=O) groups excluding carboxylic acids is 1. The summed E-state index contributed by atoms with van der Waals surface area (Å²) in [5.74, 6) is -1.95. The van der Waals surface area contributed by atoms with Gasteiger partial charge in [-0.15, -0.1) is 0 Å². The maximum absolute atomic E-state index is 13.6. The average Bonchev–Trinajstić information content (AvgIpc) is 2.49. The Labute approximate surface area is 122 Å². The number of nitrogens with zero attached hydrogens (tertiary/aromatic N) is 1. The summed E-state index contributed by atoms with van der Waals surface area (Å²) in [7, 11) is 1.54. The molecule has 0 aliphatic carbocycles. The zero-order valence-electron chi connectivity index (χ0n) is 11.6. The van der Waals surface area contributed by atoms with Gasteiger partial charge in [-0.05, 0) is 29.3 Å². The van der Waals surface area contributed by atoms with Crippen LogP contribution in [0.5, 0.6) is 0 Å². The molecule has 2 aromatic rings. The van der Waals surface area contributed by atoms with Crippen LogP contribution in [0.4, 0.5) is 8.78 Å². The predicted molar refractivity (Wildman–Crippen MR) is 76.5 cm³/mol. The molecule has 0 bridgehead atoms. The Bertz CT molecular complexity index is 658. The minimum atomic E-state index is -0.736. The molecule has 0 atom stereocenters. The molecule has 0 aromatic heterocycles. The van der Waals surface area contributed by atoms with Crippen LogP contribution in [0.25, 0.3) is 0 Å². The largest absolute Gasteiger partial charge is 0.337 e. The molecular formula is C16H16F2N2O. The van der Waals surface area contributed by atoms with E-state index in [0.29, 0.717) is 6.54 Å². The molecule has 0 spiro atoms. The third-order valence-corrected chi connectivity index (χ3v) is 3.25. The zero-order valence-corrected chi connectivity index (χ0v) is 11.6. The maximum Gasteiger partial charge on any atom is 0.256 e. The Morgan fingerprint density at radius 3 is 2.48 bits per heavy atom. The van der Waals surface area contributed by atoms with Crippen molar-refractivity contribution in [2.75, 3.05) is 7.05 Å². The summed E-state index contributed by atoms with van der Waals surface area (Å²) in [6.45, 7) is 0.634. The number of benzene rings is 2. The summed E-state index contributed by atoms with van der Waals surface area (Å²) in [6, 6.07) is 10.3. The van der Waals surface area contributed by atoms with Crippen LogP contribution in [0.3, 0.4) is 0 Å². The van der Waals surface area contributed by atoms with Crippen LogP contribution in [-0.2, 0) is 13.1 Å². The highest BCUT2D eigenvalue weighted by atomic mass is 19.1. The number of amides is 1. The predicted octanol–water partition coefficient (Wildman–Crippen LogP) is 2.70. The van der Waals surface area contributed by atoms with Gasteiger partial charge in [-0.25, -0.2) is 8.78 Å². The van der Waals surface area contributed by atoms with Crippen LogP contribution in [0.1, 0.15) is 21.5 Å². The van der Waals surface area contributed by atoms with Crippen molar-refractivity contribution in [3.05, 3.63) is 70.8 Å². The molecule has 21 heavy (non-hydrogen) atoms. The molecule has 3 nitrogen and oxygen atoms in total. The molecule has 2 rings (SSSR count). The van der Waals surface area contributed by atoms with Gasteiger partial charge >= 0.3 is 0 Å². The lowest BCUT2D eigenvalue weighted by Crippen LogP contribution is -2.27. The van der Waals surface area contributed by atoms with E-state index in [4.69, 9.17) is 5.73 Å². The molecule has 2 N–H and O–H groups in total. The number of hydrogen-bond acceptors (Lipinski definition) is 2. The first-order valence-corrected chi connectivity index (χ1v) is 6.50. The van der Waals surface area contributed by atoms with Crippen molar-refractivity contribution in [1.29, 1.82) is 0 Å². The fourth-order valence-corrected chi connectivity index (χ4v) is 2.11. The van der Waals surface area contributed by atoms with Crippen molar-refractivity contribution in [3.63, 3.8) is 0 Å². The SMILES string of the molecule is CN(Cc1ccccc1CN)C(=O)c1cc(F)ccc1F. The number of carbonyl (C=O) groups is 1. The van der Waals surface area contributed by atoms with E-state index in [1.165, 1.54) is 4.90 Å². The highest BCUT2D eigenvalue weighted by Crippen LogP contribution is 2.15. The summed E-state index contributed by atoms with van der Waals surface area (Å²) in [5, 5.41) is 0. The number of nitrogens with two attached hydrogens (primary N) is 1. The van der Waals surface area contributed by atoms with Gasteiger partial charge in [0, 0.05) is 20.1 Å². The second-order valence-corrected chi connectivity index (χ2v) is 4.76. The van der Waals surface area contributed by atoms with Gasteiger partial charge in [0.05, 0.1) is 5.56 Å². The van der Waals surface area contributed by atoms with Crippen molar-refractivity contribution in [1.82, 2.24) is 4.90 Å². The first-order chi connectivity index (χ1) is 10.0. The van der Waals surface area contributed by atoms with Gasteiger partial charge in [0.25, 0.3) is 5.91 Å². The first-order valence-electron chi connectivity index (χ1n) is 6.50. The smallest absolute Gasteiger partial charge is 0.256 e. The molecular weight excluding hydrogens is 274 g/mol. The Kier molecular flexibility index (Phi) is 4.65. The molecule has 110 valence electrons. The molecule has 2 aromatic carbocycles. The molecule has 0 unspecified atom stereocenters. The summed E-state index contributed by atoms with van der Waals surface area (Å²) < 4.78 is 26.8. The van der Waals surface area contributed by atoms with Crippen molar-refractivity contribution < 1.29 is 13.6 Å². The second kappa shape index (κ2) is 6.45. The van der Waals surface area contributed by atoms with Crippen LogP contribution in [0.2, 0.25) is 0 Å². The van der Waals surface area contributed by atoms with Gasteiger partial charge in [-0.2, -0.15) is 0 Å². The molecule has 0 saturated heterocycles. The van der Waals surface area contributed by atoms with E-state index in [1.54, 1.807) is 7.05 Å². The molecule has 0 saturated carbocycles. The van der Waals surface area contributed by atoms with Gasteiger partial charge in [-0.1, -0.05) is 24.3 Å². The summed E-state index contributed by atoms with van der Waals surface area (Å²) in [6.07, 6.45) is 0. The molecule has 5 heteroatoms. The van der Waals surface area contributed by atoms with E-state index in [1.807, 2.05) is 24.3 Å². The topological polar surface area (TPSA) is 46.3 Å². The third kappa shape index (κ3) is 3.44. The normalized spacial score (nSPS) is 10.5. The minimum Gasteiger partial charge on any atom is -0.337 e. The maximum atomic E-state index is 13.6. The van der Waals surface area contributed by atoms with Crippen LogP contribution >= 0.6 is 0 Å². The number of hydrogen-bond donors (Lipinski definition) is 1. The van der Waals surface area contributed by atoms with Crippen LogP contribution in [-0.4, -0.2) is 17.9 Å². The molecule has 0 heterocycles. The highest BCUT2D eigenvalue weighted by Gasteiger charge is 2.17. The first kappa shape index (κ1) is 15.1. The lowest BCUT2D eigenvalue weighted by Gasteiger charge is -2.19. The van der Waals surface area contributed by atoms with Crippen LogP contribution in [0, 0.1) is 11.6 Å². The molecule has 0 aliphatic heterocycles. The third-order valence-electron chi connectivity index (χ3n) is 3.25. The Morgan fingerprint density at radius 1 is 1.14 bits per heavy atom. The van der Waals surface area contributed by atoms with Crippen molar-refractivity contribution in [3.8, 4) is 0 Å². The van der Waals surface area contributed by atoms with Gasteiger partial charge in [0.1, 0.15) is 11.6 Å².